The van der Waals surface area contributed by atoms with Crippen molar-refractivity contribution >= 4 is 38.3 Å². The van der Waals surface area contributed by atoms with E-state index in [1.807, 2.05) is 30.3 Å². The van der Waals surface area contributed by atoms with Gasteiger partial charge in [-0.2, -0.15) is 0 Å². The van der Waals surface area contributed by atoms with Crippen molar-refractivity contribution in [2.75, 3.05) is 11.5 Å². The van der Waals surface area contributed by atoms with Gasteiger partial charge in [0.25, 0.3) is 5.91 Å². The molecule has 3 heterocycles. The largest absolute Gasteiger partial charge is 0.489 e. The molecular formula is C28H22ClNO6S. The fourth-order valence-corrected chi connectivity index (χ4v) is 7.03. The Balaban J connectivity index is 1.42. The van der Waals surface area contributed by atoms with Gasteiger partial charge in [-0.05, 0) is 47.9 Å². The number of hydrogen-bond donors (Lipinski definition) is 0. The smallest absolute Gasteiger partial charge is 0.291 e. The van der Waals surface area contributed by atoms with Crippen molar-refractivity contribution in [1.82, 2.24) is 4.90 Å². The molecule has 2 aliphatic rings. The predicted molar refractivity (Wildman–Crippen MR) is 140 cm³/mol. The minimum Gasteiger partial charge on any atom is -0.489 e. The maximum absolute atomic E-state index is 13.7. The van der Waals surface area contributed by atoms with Crippen molar-refractivity contribution in [2.45, 2.75) is 25.1 Å². The summed E-state index contributed by atoms with van der Waals surface area (Å²) < 4.78 is 36.4. The third-order valence-corrected chi connectivity index (χ3v) is 8.90. The standard InChI is InChI=1S/C28H22ClNO6S/c29-19-8-11-23-22(14-19)26(31)24-25(30(28(32)27(24)36-23)20-12-13-37(33,34)16-20)18-6-9-21(10-7-18)35-15-17-4-2-1-3-5-17/h1-11,14,20,25H,12-13,15-16H2. The van der Waals surface area contributed by atoms with Gasteiger partial charge in [0.2, 0.25) is 5.76 Å². The summed E-state index contributed by atoms with van der Waals surface area (Å²) in [4.78, 5) is 28.8. The first-order valence-corrected chi connectivity index (χ1v) is 14.1. The molecule has 37 heavy (non-hydrogen) atoms. The number of fused-ring (bicyclic) bond motifs is 2. The second kappa shape index (κ2) is 9.04. The SMILES string of the molecule is O=C1c2oc3ccc(Cl)cc3c(=O)c2C(c2ccc(OCc3ccccc3)cc2)N1C1CCS(=O)(=O)C1. The summed E-state index contributed by atoms with van der Waals surface area (Å²) in [6.07, 6.45) is 0.302. The summed E-state index contributed by atoms with van der Waals surface area (Å²) in [6, 6.07) is 20.2. The number of benzene rings is 3. The average Bonchev–Trinajstić information content (AvgIpc) is 3.40. The fraction of sp³-hybridized carbons (Fsp3) is 0.214. The third kappa shape index (κ3) is 4.30. The number of rotatable bonds is 5. The van der Waals surface area contributed by atoms with E-state index in [0.29, 0.717) is 29.4 Å². The van der Waals surface area contributed by atoms with Crippen LogP contribution in [0.5, 0.6) is 5.75 Å². The van der Waals surface area contributed by atoms with E-state index in [1.165, 1.54) is 11.0 Å². The van der Waals surface area contributed by atoms with Crippen molar-refractivity contribution < 1.29 is 22.4 Å². The van der Waals surface area contributed by atoms with E-state index in [2.05, 4.69) is 0 Å². The third-order valence-electron chi connectivity index (χ3n) is 6.91. The molecule has 7 nitrogen and oxygen atoms in total. The summed E-state index contributed by atoms with van der Waals surface area (Å²) in [7, 11) is -3.28. The van der Waals surface area contributed by atoms with Gasteiger partial charge in [0.05, 0.1) is 28.5 Å². The normalized spacial score (nSPS) is 20.4. The topological polar surface area (TPSA) is 93.9 Å². The number of halogens is 1. The van der Waals surface area contributed by atoms with E-state index < -0.39 is 27.8 Å². The monoisotopic (exact) mass is 535 g/mol. The van der Waals surface area contributed by atoms with Crippen LogP contribution in [0.2, 0.25) is 5.02 Å². The van der Waals surface area contributed by atoms with Crippen LogP contribution in [0, 0.1) is 0 Å². The molecule has 6 rings (SSSR count). The highest BCUT2D eigenvalue weighted by atomic mass is 35.5. The second-order valence-electron chi connectivity index (χ2n) is 9.33. The van der Waals surface area contributed by atoms with Crippen molar-refractivity contribution in [2.24, 2.45) is 0 Å². The molecule has 188 valence electrons. The lowest BCUT2D eigenvalue weighted by molar-refractivity contribution is 0.0662. The van der Waals surface area contributed by atoms with Gasteiger partial charge in [0, 0.05) is 11.1 Å². The van der Waals surface area contributed by atoms with Crippen LogP contribution in [0.25, 0.3) is 11.0 Å². The molecule has 2 unspecified atom stereocenters. The quantitative estimate of drug-likeness (QED) is 0.366. The number of sulfone groups is 1. The van der Waals surface area contributed by atoms with Crippen molar-refractivity contribution in [3.05, 3.63) is 110 Å². The van der Waals surface area contributed by atoms with E-state index >= 15 is 0 Å². The van der Waals surface area contributed by atoms with Crippen LogP contribution in [0.15, 0.2) is 82.0 Å². The number of carbonyl (C=O) groups excluding carboxylic acids is 1. The Morgan fingerprint density at radius 1 is 1.00 bits per heavy atom. The summed E-state index contributed by atoms with van der Waals surface area (Å²) in [5.41, 5.74) is 1.79. The summed E-state index contributed by atoms with van der Waals surface area (Å²) >= 11 is 6.14. The molecule has 3 aromatic carbocycles. The number of amides is 1. The second-order valence-corrected chi connectivity index (χ2v) is 12.0. The summed E-state index contributed by atoms with van der Waals surface area (Å²) in [5, 5.41) is 0.645. The molecule has 1 aromatic heterocycles. The molecule has 4 aromatic rings. The number of carbonyl (C=O) groups is 1. The number of hydrogen-bond acceptors (Lipinski definition) is 6. The molecular weight excluding hydrogens is 514 g/mol. The Kier molecular flexibility index (Phi) is 5.81. The molecule has 1 fully saturated rings. The molecule has 2 atom stereocenters. The molecule has 0 radical (unpaired) electrons. The van der Waals surface area contributed by atoms with Gasteiger partial charge < -0.3 is 14.1 Å². The molecule has 0 N–H and O–H groups in total. The highest BCUT2D eigenvalue weighted by Crippen LogP contribution is 2.42. The van der Waals surface area contributed by atoms with E-state index in [4.69, 9.17) is 20.8 Å². The lowest BCUT2D eigenvalue weighted by atomic mass is 9.97. The zero-order valence-electron chi connectivity index (χ0n) is 19.6. The Morgan fingerprint density at radius 3 is 2.46 bits per heavy atom. The molecule has 0 aliphatic carbocycles. The van der Waals surface area contributed by atoms with Gasteiger partial charge in [0.15, 0.2) is 15.3 Å². The summed E-state index contributed by atoms with van der Waals surface area (Å²) in [6.45, 7) is 0.396. The van der Waals surface area contributed by atoms with Crippen LogP contribution in [0.4, 0.5) is 0 Å². The molecule has 0 bridgehead atoms. The van der Waals surface area contributed by atoms with Crippen LogP contribution in [0.1, 0.15) is 39.7 Å². The van der Waals surface area contributed by atoms with E-state index in [1.54, 1.807) is 36.4 Å². The van der Waals surface area contributed by atoms with Crippen molar-refractivity contribution in [3.63, 3.8) is 0 Å². The molecule has 0 spiro atoms. The van der Waals surface area contributed by atoms with Gasteiger partial charge in [-0.1, -0.05) is 54.1 Å². The molecule has 0 saturated carbocycles. The van der Waals surface area contributed by atoms with Crippen LogP contribution in [0.3, 0.4) is 0 Å². The minimum absolute atomic E-state index is 0.00423. The van der Waals surface area contributed by atoms with Gasteiger partial charge in [-0.25, -0.2) is 8.42 Å². The molecule has 2 aliphatic heterocycles. The average molecular weight is 536 g/mol. The molecule has 9 heteroatoms. The van der Waals surface area contributed by atoms with Crippen molar-refractivity contribution in [1.29, 1.82) is 0 Å². The van der Waals surface area contributed by atoms with E-state index in [0.717, 1.165) is 5.56 Å². The lowest BCUT2D eigenvalue weighted by Gasteiger charge is -2.30. The van der Waals surface area contributed by atoms with Gasteiger partial charge >= 0.3 is 0 Å². The zero-order chi connectivity index (χ0) is 25.7. The fourth-order valence-electron chi connectivity index (χ4n) is 5.15. The van der Waals surface area contributed by atoms with Crippen molar-refractivity contribution in [3.8, 4) is 5.75 Å². The summed E-state index contributed by atoms with van der Waals surface area (Å²) in [5.74, 6) is -0.0695. The molecule has 1 amide bonds. The maximum Gasteiger partial charge on any atom is 0.291 e. The Hall–Kier alpha value is -3.62. The number of ether oxygens (including phenoxy) is 1. The Bertz CT molecular complexity index is 1680. The highest BCUT2D eigenvalue weighted by molar-refractivity contribution is 7.91. The van der Waals surface area contributed by atoms with Gasteiger partial charge in [0.1, 0.15) is 17.9 Å². The van der Waals surface area contributed by atoms with Crippen LogP contribution < -0.4 is 10.2 Å². The minimum atomic E-state index is -3.28. The Morgan fingerprint density at radius 2 is 1.76 bits per heavy atom. The molecule has 1 saturated heterocycles. The van der Waals surface area contributed by atoms with Gasteiger partial charge in [-0.3, -0.25) is 9.59 Å². The maximum atomic E-state index is 13.7. The number of nitrogens with zero attached hydrogens (tertiary/aromatic N) is 1. The lowest BCUT2D eigenvalue weighted by Crippen LogP contribution is -2.40. The van der Waals surface area contributed by atoms with E-state index in [-0.39, 0.29) is 39.2 Å². The van der Waals surface area contributed by atoms with Crippen LogP contribution in [-0.2, 0) is 16.4 Å². The van der Waals surface area contributed by atoms with Gasteiger partial charge in [-0.15, -0.1) is 0 Å². The first-order valence-electron chi connectivity index (χ1n) is 11.9. The zero-order valence-corrected chi connectivity index (χ0v) is 21.2. The van der Waals surface area contributed by atoms with E-state index in [9.17, 15) is 18.0 Å². The predicted octanol–water partition coefficient (Wildman–Crippen LogP) is 4.76. The van der Waals surface area contributed by atoms with Crippen LogP contribution in [-0.4, -0.2) is 36.8 Å². The van der Waals surface area contributed by atoms with Crippen LogP contribution >= 0.6 is 11.6 Å². The first kappa shape index (κ1) is 23.8. The highest BCUT2D eigenvalue weighted by Gasteiger charge is 2.48. The Labute approximate surface area is 218 Å². The first-order chi connectivity index (χ1) is 17.8.